The average molecular weight is 264 g/mol. The number of hydrogen-bond acceptors (Lipinski definition) is 4. The Kier molecular flexibility index (Phi) is 2.91. The van der Waals surface area contributed by atoms with E-state index in [0.717, 1.165) is 24.4 Å². The number of hydrogen-bond donors (Lipinski definition) is 1. The fourth-order valence-corrected chi connectivity index (χ4v) is 2.19. The SMILES string of the molecule is Nc1cccc(-c2nnnn2CCC2CC2)c1Cl. The fraction of sp³-hybridized carbons (Fsp3) is 0.417. The van der Waals surface area contributed by atoms with E-state index in [1.165, 1.54) is 12.8 Å². The number of aromatic nitrogens is 4. The summed E-state index contributed by atoms with van der Waals surface area (Å²) in [5.74, 6) is 1.53. The molecule has 0 aliphatic heterocycles. The maximum Gasteiger partial charge on any atom is 0.183 e. The van der Waals surface area contributed by atoms with E-state index in [-0.39, 0.29) is 0 Å². The van der Waals surface area contributed by atoms with Crippen LogP contribution in [0.2, 0.25) is 5.02 Å². The van der Waals surface area contributed by atoms with Crippen molar-refractivity contribution < 1.29 is 0 Å². The number of nitrogen functional groups attached to an aromatic ring is 1. The van der Waals surface area contributed by atoms with Crippen molar-refractivity contribution in [1.29, 1.82) is 0 Å². The molecule has 18 heavy (non-hydrogen) atoms. The van der Waals surface area contributed by atoms with E-state index in [2.05, 4.69) is 15.5 Å². The Morgan fingerprint density at radius 3 is 3.00 bits per heavy atom. The summed E-state index contributed by atoms with van der Waals surface area (Å²) < 4.78 is 1.80. The van der Waals surface area contributed by atoms with E-state index in [4.69, 9.17) is 17.3 Å². The second kappa shape index (κ2) is 4.57. The maximum atomic E-state index is 6.20. The molecule has 6 heteroatoms. The van der Waals surface area contributed by atoms with Gasteiger partial charge in [-0.05, 0) is 34.9 Å². The Morgan fingerprint density at radius 1 is 1.39 bits per heavy atom. The molecular weight excluding hydrogens is 250 g/mol. The van der Waals surface area contributed by atoms with Gasteiger partial charge in [-0.3, -0.25) is 0 Å². The molecule has 1 aromatic heterocycles. The Hall–Kier alpha value is -1.62. The monoisotopic (exact) mass is 263 g/mol. The van der Waals surface area contributed by atoms with Gasteiger partial charge in [0.25, 0.3) is 0 Å². The first kappa shape index (κ1) is 11.5. The van der Waals surface area contributed by atoms with Gasteiger partial charge >= 0.3 is 0 Å². The van der Waals surface area contributed by atoms with Crippen LogP contribution in [0.1, 0.15) is 19.3 Å². The first-order valence-electron chi connectivity index (χ1n) is 6.06. The lowest BCUT2D eigenvalue weighted by Crippen LogP contribution is -2.04. The number of nitrogens with zero attached hydrogens (tertiary/aromatic N) is 4. The van der Waals surface area contributed by atoms with E-state index in [1.54, 1.807) is 10.7 Å². The summed E-state index contributed by atoms with van der Waals surface area (Å²) in [7, 11) is 0. The van der Waals surface area contributed by atoms with Gasteiger partial charge in [-0.15, -0.1) is 5.10 Å². The number of anilines is 1. The van der Waals surface area contributed by atoms with Crippen LogP contribution in [0.4, 0.5) is 5.69 Å². The molecule has 0 saturated heterocycles. The molecule has 0 bridgehead atoms. The molecule has 0 radical (unpaired) electrons. The number of tetrazole rings is 1. The van der Waals surface area contributed by atoms with Crippen molar-refractivity contribution in [2.75, 3.05) is 5.73 Å². The summed E-state index contributed by atoms with van der Waals surface area (Å²) in [4.78, 5) is 0. The van der Waals surface area contributed by atoms with Crippen molar-refractivity contribution in [2.45, 2.75) is 25.8 Å². The summed E-state index contributed by atoms with van der Waals surface area (Å²) >= 11 is 6.20. The Morgan fingerprint density at radius 2 is 2.22 bits per heavy atom. The second-order valence-corrected chi connectivity index (χ2v) is 5.04. The predicted octanol–water partition coefficient (Wildman–Crippen LogP) is 2.38. The van der Waals surface area contributed by atoms with Crippen LogP contribution in [0.15, 0.2) is 18.2 Å². The van der Waals surface area contributed by atoms with Gasteiger partial charge in [0.2, 0.25) is 0 Å². The van der Waals surface area contributed by atoms with Crippen LogP contribution in [0.25, 0.3) is 11.4 Å². The third-order valence-corrected chi connectivity index (χ3v) is 3.67. The lowest BCUT2D eigenvalue weighted by atomic mass is 10.2. The second-order valence-electron chi connectivity index (χ2n) is 4.67. The van der Waals surface area contributed by atoms with Crippen molar-refractivity contribution in [1.82, 2.24) is 20.2 Å². The normalized spacial score (nSPS) is 14.9. The molecule has 94 valence electrons. The summed E-state index contributed by atoms with van der Waals surface area (Å²) in [6.07, 6.45) is 3.78. The van der Waals surface area contributed by atoms with Crippen LogP contribution >= 0.6 is 11.6 Å². The lowest BCUT2D eigenvalue weighted by molar-refractivity contribution is 0.535. The zero-order valence-corrected chi connectivity index (χ0v) is 10.6. The van der Waals surface area contributed by atoms with Crippen LogP contribution in [-0.2, 0) is 6.54 Å². The van der Waals surface area contributed by atoms with E-state index in [9.17, 15) is 0 Å². The maximum absolute atomic E-state index is 6.20. The van der Waals surface area contributed by atoms with E-state index in [0.29, 0.717) is 16.5 Å². The van der Waals surface area contributed by atoms with Crippen molar-refractivity contribution in [2.24, 2.45) is 5.92 Å². The van der Waals surface area contributed by atoms with Gasteiger partial charge in [-0.25, -0.2) is 4.68 Å². The molecule has 1 aromatic carbocycles. The predicted molar refractivity (Wildman–Crippen MR) is 70.0 cm³/mol. The quantitative estimate of drug-likeness (QED) is 0.860. The number of rotatable bonds is 4. The Bertz CT molecular complexity index is 561. The largest absolute Gasteiger partial charge is 0.398 e. The third-order valence-electron chi connectivity index (χ3n) is 3.25. The van der Waals surface area contributed by atoms with Crippen LogP contribution < -0.4 is 5.73 Å². The van der Waals surface area contributed by atoms with Gasteiger partial charge < -0.3 is 5.73 Å². The minimum absolute atomic E-state index is 0.514. The zero-order valence-electron chi connectivity index (χ0n) is 9.88. The minimum Gasteiger partial charge on any atom is -0.398 e. The lowest BCUT2D eigenvalue weighted by Gasteiger charge is -2.07. The van der Waals surface area contributed by atoms with Crippen LogP contribution in [0.3, 0.4) is 0 Å². The van der Waals surface area contributed by atoms with E-state index < -0.39 is 0 Å². The fourth-order valence-electron chi connectivity index (χ4n) is 1.98. The molecule has 1 aliphatic carbocycles. The molecule has 0 unspecified atom stereocenters. The number of aryl methyl sites for hydroxylation is 1. The van der Waals surface area contributed by atoms with Crippen LogP contribution in [0, 0.1) is 5.92 Å². The highest BCUT2D eigenvalue weighted by molar-refractivity contribution is 6.35. The van der Waals surface area contributed by atoms with Crippen LogP contribution in [-0.4, -0.2) is 20.2 Å². The minimum atomic E-state index is 0.514. The van der Waals surface area contributed by atoms with Crippen molar-refractivity contribution in [3.63, 3.8) is 0 Å². The first-order valence-corrected chi connectivity index (χ1v) is 6.44. The highest BCUT2D eigenvalue weighted by Gasteiger charge is 2.22. The third kappa shape index (κ3) is 2.18. The van der Waals surface area contributed by atoms with Gasteiger partial charge in [0, 0.05) is 12.1 Å². The number of nitrogens with two attached hydrogens (primary N) is 1. The van der Waals surface area contributed by atoms with Gasteiger partial charge in [0.05, 0.1) is 10.7 Å². The summed E-state index contributed by atoms with van der Waals surface area (Å²) in [6.45, 7) is 0.831. The van der Waals surface area contributed by atoms with Gasteiger partial charge in [-0.1, -0.05) is 30.5 Å². The van der Waals surface area contributed by atoms with Gasteiger partial charge in [0.15, 0.2) is 5.82 Å². The van der Waals surface area contributed by atoms with E-state index in [1.807, 2.05) is 12.1 Å². The number of benzene rings is 1. The van der Waals surface area contributed by atoms with Crippen molar-refractivity contribution in [3.05, 3.63) is 23.2 Å². The molecule has 3 rings (SSSR count). The van der Waals surface area contributed by atoms with Crippen molar-refractivity contribution >= 4 is 17.3 Å². The molecule has 0 spiro atoms. The summed E-state index contributed by atoms with van der Waals surface area (Å²) in [5, 5.41) is 12.3. The number of halogens is 1. The summed E-state index contributed by atoms with van der Waals surface area (Å²) in [5.41, 5.74) is 7.14. The Labute approximate surface area is 110 Å². The molecule has 2 aromatic rings. The topological polar surface area (TPSA) is 69.6 Å². The molecule has 0 amide bonds. The van der Waals surface area contributed by atoms with Crippen molar-refractivity contribution in [3.8, 4) is 11.4 Å². The summed E-state index contributed by atoms with van der Waals surface area (Å²) in [6, 6.07) is 5.51. The molecule has 2 N–H and O–H groups in total. The standard InChI is InChI=1S/C12H14ClN5/c13-11-9(2-1-3-10(11)14)12-15-16-17-18(12)7-6-8-4-5-8/h1-3,8H,4-7,14H2. The zero-order chi connectivity index (χ0) is 12.5. The smallest absolute Gasteiger partial charge is 0.183 e. The molecule has 1 saturated carbocycles. The highest BCUT2D eigenvalue weighted by Crippen LogP contribution is 2.34. The Balaban J connectivity index is 1.90. The van der Waals surface area contributed by atoms with E-state index >= 15 is 0 Å². The molecule has 1 heterocycles. The highest BCUT2D eigenvalue weighted by atomic mass is 35.5. The molecule has 0 atom stereocenters. The average Bonchev–Trinajstić information content (AvgIpc) is 3.08. The van der Waals surface area contributed by atoms with Gasteiger partial charge in [-0.2, -0.15) is 0 Å². The van der Waals surface area contributed by atoms with Gasteiger partial charge in [0.1, 0.15) is 0 Å². The first-order chi connectivity index (χ1) is 8.75. The molecular formula is C12H14ClN5. The molecule has 1 aliphatic rings. The van der Waals surface area contributed by atoms with Crippen LogP contribution in [0.5, 0.6) is 0 Å². The molecule has 1 fully saturated rings. The molecule has 5 nitrogen and oxygen atoms in total.